The van der Waals surface area contributed by atoms with Gasteiger partial charge in [-0.25, -0.2) is 13.6 Å². The Balaban J connectivity index is 2.11. The highest BCUT2D eigenvalue weighted by Gasteiger charge is 2.11. The van der Waals surface area contributed by atoms with Crippen LogP contribution in [0.25, 0.3) is 0 Å². The second-order valence-electron chi connectivity index (χ2n) is 4.97. The van der Waals surface area contributed by atoms with Crippen molar-refractivity contribution in [3.8, 4) is 0 Å². The lowest BCUT2D eigenvalue weighted by Gasteiger charge is -2.15. The Morgan fingerprint density at radius 2 is 2.05 bits per heavy atom. The molecule has 0 saturated carbocycles. The quantitative estimate of drug-likeness (QED) is 0.883. The first-order valence-corrected chi connectivity index (χ1v) is 8.19. The Morgan fingerprint density at radius 3 is 2.71 bits per heavy atom. The molecule has 2 aromatic rings. The van der Waals surface area contributed by atoms with Crippen LogP contribution in [-0.2, 0) is 16.6 Å². The highest BCUT2D eigenvalue weighted by molar-refractivity contribution is 7.89. The van der Waals surface area contributed by atoms with E-state index >= 15 is 0 Å². The number of pyridine rings is 1. The van der Waals surface area contributed by atoms with Crippen molar-refractivity contribution in [3.63, 3.8) is 0 Å². The number of hydrogen-bond acceptors (Lipinski definition) is 4. The van der Waals surface area contributed by atoms with Crippen LogP contribution in [0.4, 0.5) is 0 Å². The SMILES string of the molecule is Cc1ncccc1CNC(C)c1cccc(S(N)(=O)=O)c1. The molecule has 21 heavy (non-hydrogen) atoms. The van der Waals surface area contributed by atoms with E-state index in [9.17, 15) is 8.42 Å². The Labute approximate surface area is 125 Å². The average Bonchev–Trinajstić information content (AvgIpc) is 2.45. The van der Waals surface area contributed by atoms with Gasteiger partial charge in [0.1, 0.15) is 0 Å². The van der Waals surface area contributed by atoms with Gasteiger partial charge >= 0.3 is 0 Å². The monoisotopic (exact) mass is 305 g/mol. The van der Waals surface area contributed by atoms with Gasteiger partial charge in [-0.15, -0.1) is 0 Å². The lowest BCUT2D eigenvalue weighted by molar-refractivity contribution is 0.570. The number of hydrogen-bond donors (Lipinski definition) is 2. The maximum absolute atomic E-state index is 11.4. The normalized spacial score (nSPS) is 13.1. The van der Waals surface area contributed by atoms with Crippen molar-refractivity contribution in [1.29, 1.82) is 0 Å². The van der Waals surface area contributed by atoms with Crippen molar-refractivity contribution in [2.45, 2.75) is 31.3 Å². The number of nitrogens with one attached hydrogen (secondary N) is 1. The number of aromatic nitrogens is 1. The van der Waals surface area contributed by atoms with Crippen molar-refractivity contribution >= 4 is 10.0 Å². The minimum atomic E-state index is -3.67. The maximum atomic E-state index is 11.4. The van der Waals surface area contributed by atoms with Gasteiger partial charge in [-0.1, -0.05) is 18.2 Å². The molecule has 0 fully saturated rings. The zero-order chi connectivity index (χ0) is 15.5. The predicted octanol–water partition coefficient (Wildman–Crippen LogP) is 1.89. The highest BCUT2D eigenvalue weighted by Crippen LogP contribution is 2.17. The van der Waals surface area contributed by atoms with E-state index in [1.165, 1.54) is 6.07 Å². The molecule has 2 rings (SSSR count). The summed E-state index contributed by atoms with van der Waals surface area (Å²) in [6, 6.07) is 10.6. The molecule has 6 heteroatoms. The molecule has 1 heterocycles. The number of rotatable bonds is 5. The van der Waals surface area contributed by atoms with Gasteiger partial charge in [0.15, 0.2) is 0 Å². The van der Waals surface area contributed by atoms with E-state index in [1.807, 2.05) is 32.0 Å². The summed E-state index contributed by atoms with van der Waals surface area (Å²) in [6.07, 6.45) is 1.76. The summed E-state index contributed by atoms with van der Waals surface area (Å²) >= 11 is 0. The first-order chi connectivity index (χ1) is 9.88. The third-order valence-corrected chi connectivity index (χ3v) is 4.31. The standard InChI is InChI=1S/C15H19N3O2S/c1-11(18-10-14-6-4-8-17-12(14)2)13-5-3-7-15(9-13)21(16,19)20/h3-9,11,18H,10H2,1-2H3,(H2,16,19,20). The molecule has 0 bridgehead atoms. The van der Waals surface area contributed by atoms with E-state index < -0.39 is 10.0 Å². The van der Waals surface area contributed by atoms with Gasteiger partial charge in [-0.3, -0.25) is 4.98 Å². The number of primary sulfonamides is 1. The molecule has 0 aliphatic heterocycles. The summed E-state index contributed by atoms with van der Waals surface area (Å²) in [6.45, 7) is 4.61. The predicted molar refractivity (Wildman–Crippen MR) is 82.0 cm³/mol. The van der Waals surface area contributed by atoms with Crippen LogP contribution >= 0.6 is 0 Å². The molecule has 1 aromatic carbocycles. The topological polar surface area (TPSA) is 85.1 Å². The number of aryl methyl sites for hydroxylation is 1. The van der Waals surface area contributed by atoms with Gasteiger partial charge in [0.05, 0.1) is 4.90 Å². The maximum Gasteiger partial charge on any atom is 0.238 e. The molecule has 1 unspecified atom stereocenters. The van der Waals surface area contributed by atoms with E-state index in [0.717, 1.165) is 16.8 Å². The molecule has 0 amide bonds. The van der Waals surface area contributed by atoms with Gasteiger partial charge < -0.3 is 5.32 Å². The van der Waals surface area contributed by atoms with E-state index in [4.69, 9.17) is 5.14 Å². The number of sulfonamides is 1. The van der Waals surface area contributed by atoms with Crippen molar-refractivity contribution < 1.29 is 8.42 Å². The molecular formula is C15H19N3O2S. The van der Waals surface area contributed by atoms with Crippen LogP contribution in [0.2, 0.25) is 0 Å². The molecule has 5 nitrogen and oxygen atoms in total. The Hall–Kier alpha value is -1.76. The van der Waals surface area contributed by atoms with Crippen LogP contribution in [0, 0.1) is 6.92 Å². The Kier molecular flexibility index (Phi) is 4.72. The van der Waals surface area contributed by atoms with Crippen LogP contribution < -0.4 is 10.5 Å². The average molecular weight is 305 g/mol. The molecule has 1 aromatic heterocycles. The number of benzene rings is 1. The van der Waals surface area contributed by atoms with Crippen LogP contribution in [0.5, 0.6) is 0 Å². The van der Waals surface area contributed by atoms with E-state index in [2.05, 4.69) is 10.3 Å². The van der Waals surface area contributed by atoms with Gasteiger partial charge in [-0.05, 0) is 43.2 Å². The summed E-state index contributed by atoms with van der Waals surface area (Å²) in [5.41, 5.74) is 2.98. The largest absolute Gasteiger partial charge is 0.306 e. The molecular weight excluding hydrogens is 286 g/mol. The fourth-order valence-electron chi connectivity index (χ4n) is 2.05. The Bertz CT molecular complexity index is 729. The number of nitrogens with zero attached hydrogens (tertiary/aromatic N) is 1. The van der Waals surface area contributed by atoms with Crippen LogP contribution in [0.15, 0.2) is 47.5 Å². The molecule has 0 saturated heterocycles. The fraction of sp³-hybridized carbons (Fsp3) is 0.267. The third-order valence-electron chi connectivity index (χ3n) is 3.40. The Morgan fingerprint density at radius 1 is 1.29 bits per heavy atom. The van der Waals surface area contributed by atoms with Crippen LogP contribution in [0.1, 0.15) is 29.8 Å². The summed E-state index contributed by atoms with van der Waals surface area (Å²) in [5, 5.41) is 8.51. The van der Waals surface area contributed by atoms with Crippen molar-refractivity contribution in [3.05, 3.63) is 59.4 Å². The number of nitrogens with two attached hydrogens (primary N) is 1. The summed E-state index contributed by atoms with van der Waals surface area (Å²) in [7, 11) is -3.67. The molecule has 0 aliphatic carbocycles. The first kappa shape index (κ1) is 15.6. The molecule has 3 N–H and O–H groups in total. The summed E-state index contributed by atoms with van der Waals surface area (Å²) in [4.78, 5) is 4.37. The molecule has 0 aliphatic rings. The third kappa shape index (κ3) is 4.10. The second kappa shape index (κ2) is 6.34. The lowest BCUT2D eigenvalue weighted by atomic mass is 10.1. The van der Waals surface area contributed by atoms with Crippen molar-refractivity contribution in [2.75, 3.05) is 0 Å². The summed E-state index contributed by atoms with van der Waals surface area (Å²) in [5.74, 6) is 0. The zero-order valence-electron chi connectivity index (χ0n) is 12.1. The fourth-order valence-corrected chi connectivity index (χ4v) is 2.61. The van der Waals surface area contributed by atoms with Crippen LogP contribution in [-0.4, -0.2) is 13.4 Å². The smallest absolute Gasteiger partial charge is 0.238 e. The van der Waals surface area contributed by atoms with Crippen molar-refractivity contribution in [2.24, 2.45) is 5.14 Å². The van der Waals surface area contributed by atoms with Gasteiger partial charge in [0, 0.05) is 24.5 Å². The lowest BCUT2D eigenvalue weighted by Crippen LogP contribution is -2.19. The van der Waals surface area contributed by atoms with Crippen molar-refractivity contribution in [1.82, 2.24) is 10.3 Å². The molecule has 0 spiro atoms. The van der Waals surface area contributed by atoms with E-state index in [0.29, 0.717) is 6.54 Å². The summed E-state index contributed by atoms with van der Waals surface area (Å²) < 4.78 is 22.8. The van der Waals surface area contributed by atoms with E-state index in [1.54, 1.807) is 18.3 Å². The minimum Gasteiger partial charge on any atom is -0.306 e. The van der Waals surface area contributed by atoms with Crippen LogP contribution in [0.3, 0.4) is 0 Å². The van der Waals surface area contributed by atoms with Gasteiger partial charge in [-0.2, -0.15) is 0 Å². The van der Waals surface area contributed by atoms with E-state index in [-0.39, 0.29) is 10.9 Å². The highest BCUT2D eigenvalue weighted by atomic mass is 32.2. The molecule has 0 radical (unpaired) electrons. The zero-order valence-corrected chi connectivity index (χ0v) is 12.9. The molecule has 112 valence electrons. The van der Waals surface area contributed by atoms with Gasteiger partial charge in [0.25, 0.3) is 0 Å². The molecule has 1 atom stereocenters. The first-order valence-electron chi connectivity index (χ1n) is 6.64. The second-order valence-corrected chi connectivity index (χ2v) is 6.53. The minimum absolute atomic E-state index is 0.00584. The van der Waals surface area contributed by atoms with Gasteiger partial charge in [0.2, 0.25) is 10.0 Å².